The fourth-order valence-corrected chi connectivity index (χ4v) is 5.58. The van der Waals surface area contributed by atoms with Gasteiger partial charge in [-0.05, 0) is 46.8 Å². The highest BCUT2D eigenvalue weighted by atomic mass is 32.2. The number of benzene rings is 2. The molecule has 18 heavy (non-hydrogen) atoms. The molecule has 0 saturated carbocycles. The van der Waals surface area contributed by atoms with Gasteiger partial charge in [-0.2, -0.15) is 0 Å². The second-order valence-corrected chi connectivity index (χ2v) is 7.34. The van der Waals surface area contributed by atoms with E-state index in [0.29, 0.717) is 0 Å². The number of ether oxygens (including phenoxy) is 1. The van der Waals surface area contributed by atoms with Crippen molar-refractivity contribution in [3.05, 3.63) is 36.4 Å². The van der Waals surface area contributed by atoms with Crippen LogP contribution in [0, 0.1) is 0 Å². The number of hydrogen-bond acceptors (Lipinski definition) is 1. The maximum atomic E-state index is 5.48. The predicted octanol–water partition coefficient (Wildman–Crippen LogP) is 4.39. The topological polar surface area (TPSA) is 9.23 Å². The maximum absolute atomic E-state index is 5.48. The Hall–Kier alpha value is -1.15. The van der Waals surface area contributed by atoms with Crippen molar-refractivity contribution < 1.29 is 4.74 Å². The van der Waals surface area contributed by atoms with Crippen molar-refractivity contribution in [2.75, 3.05) is 18.6 Å². The van der Waals surface area contributed by atoms with Gasteiger partial charge in [-0.25, -0.2) is 10.9 Å². The fraction of sp³-hybridized carbons (Fsp3) is 0.375. The molecule has 96 valence electrons. The summed E-state index contributed by atoms with van der Waals surface area (Å²) in [6.45, 7) is 0. The maximum Gasteiger partial charge on any atom is 0.126 e. The Morgan fingerprint density at radius 3 is 2.33 bits per heavy atom. The average Bonchev–Trinajstić information content (AvgIpc) is 2.47. The first kappa shape index (κ1) is 11.9. The van der Waals surface area contributed by atoms with Crippen LogP contribution >= 0.6 is 10.9 Å². The van der Waals surface area contributed by atoms with Crippen LogP contribution in [0.4, 0.5) is 0 Å². The summed E-state index contributed by atoms with van der Waals surface area (Å²) >= 11 is 0. The summed E-state index contributed by atoms with van der Waals surface area (Å²) in [6, 6.07) is 13.1. The molecule has 1 saturated heterocycles. The van der Waals surface area contributed by atoms with E-state index in [1.165, 1.54) is 41.5 Å². The van der Waals surface area contributed by atoms with E-state index in [-0.39, 0.29) is 10.9 Å². The summed E-state index contributed by atoms with van der Waals surface area (Å²) in [6.07, 6.45) is 4.24. The first-order valence-electron chi connectivity index (χ1n) is 6.71. The lowest BCUT2D eigenvalue weighted by Crippen LogP contribution is -2.03. The van der Waals surface area contributed by atoms with Gasteiger partial charge in [0.2, 0.25) is 0 Å². The van der Waals surface area contributed by atoms with Gasteiger partial charge in [0, 0.05) is 5.39 Å². The van der Waals surface area contributed by atoms with Crippen LogP contribution in [0.15, 0.2) is 41.3 Å². The van der Waals surface area contributed by atoms with Gasteiger partial charge in [0.25, 0.3) is 0 Å². The van der Waals surface area contributed by atoms with E-state index in [4.69, 9.17) is 4.74 Å². The average molecular weight is 260 g/mol. The zero-order valence-corrected chi connectivity index (χ0v) is 11.7. The highest BCUT2D eigenvalue weighted by molar-refractivity contribution is 8.17. The first-order chi connectivity index (χ1) is 8.90. The van der Waals surface area contributed by atoms with Gasteiger partial charge >= 0.3 is 0 Å². The first-order valence-corrected chi connectivity index (χ1v) is 8.42. The van der Waals surface area contributed by atoms with Gasteiger partial charge in [-0.1, -0.05) is 30.7 Å². The highest BCUT2D eigenvalue weighted by Gasteiger charge is 2.15. The summed E-state index contributed by atoms with van der Waals surface area (Å²) in [7, 11) is 1.82. The fourth-order valence-electron chi connectivity index (χ4n) is 2.84. The van der Waals surface area contributed by atoms with E-state index in [9.17, 15) is 0 Å². The molecule has 0 unspecified atom stereocenters. The van der Waals surface area contributed by atoms with Crippen LogP contribution in [0.25, 0.3) is 10.8 Å². The Kier molecular flexibility index (Phi) is 3.46. The summed E-state index contributed by atoms with van der Waals surface area (Å²) in [4.78, 5) is 1.58. The number of methoxy groups -OCH3 is 1. The van der Waals surface area contributed by atoms with E-state index in [1.54, 1.807) is 12.0 Å². The molecule has 2 heteroatoms. The third-order valence-corrected chi connectivity index (χ3v) is 6.56. The van der Waals surface area contributed by atoms with E-state index in [0.717, 1.165) is 5.75 Å². The SMILES string of the molecule is COc1ccc([SH]2CCCCC2)c2ccccc12. The van der Waals surface area contributed by atoms with Crippen molar-refractivity contribution in [3.8, 4) is 5.75 Å². The monoisotopic (exact) mass is 260 g/mol. The Bertz CT molecular complexity index is 544. The zero-order chi connectivity index (χ0) is 12.4. The van der Waals surface area contributed by atoms with Crippen LogP contribution in [0.1, 0.15) is 19.3 Å². The minimum atomic E-state index is 0.0604. The van der Waals surface area contributed by atoms with Crippen molar-refractivity contribution in [2.24, 2.45) is 0 Å². The van der Waals surface area contributed by atoms with Crippen LogP contribution in [-0.4, -0.2) is 18.6 Å². The third kappa shape index (κ3) is 2.10. The minimum absolute atomic E-state index is 0.0604. The molecule has 1 fully saturated rings. The van der Waals surface area contributed by atoms with Crippen LogP contribution in [0.5, 0.6) is 5.75 Å². The van der Waals surface area contributed by atoms with Gasteiger partial charge < -0.3 is 4.74 Å². The van der Waals surface area contributed by atoms with E-state index in [1.807, 2.05) is 0 Å². The third-order valence-electron chi connectivity index (χ3n) is 3.78. The molecule has 2 aromatic carbocycles. The minimum Gasteiger partial charge on any atom is -0.496 e. The van der Waals surface area contributed by atoms with Crippen molar-refractivity contribution in [2.45, 2.75) is 24.2 Å². The van der Waals surface area contributed by atoms with Crippen LogP contribution in [-0.2, 0) is 0 Å². The molecule has 3 rings (SSSR count). The normalized spacial score (nSPS) is 17.9. The molecule has 0 N–H and O–H groups in total. The van der Waals surface area contributed by atoms with Crippen molar-refractivity contribution in [3.63, 3.8) is 0 Å². The van der Waals surface area contributed by atoms with Crippen LogP contribution < -0.4 is 4.74 Å². The molecule has 1 heterocycles. The van der Waals surface area contributed by atoms with Gasteiger partial charge in [0.1, 0.15) is 5.75 Å². The van der Waals surface area contributed by atoms with Crippen LogP contribution in [0.3, 0.4) is 0 Å². The Morgan fingerprint density at radius 1 is 0.889 bits per heavy atom. The molecule has 0 aromatic heterocycles. The van der Waals surface area contributed by atoms with E-state index < -0.39 is 0 Å². The predicted molar refractivity (Wildman–Crippen MR) is 81.3 cm³/mol. The molecule has 1 nitrogen and oxygen atoms in total. The van der Waals surface area contributed by atoms with Crippen molar-refractivity contribution >= 4 is 21.7 Å². The molecule has 1 aliphatic rings. The molecule has 0 amide bonds. The lowest BCUT2D eigenvalue weighted by Gasteiger charge is -2.27. The molecule has 0 bridgehead atoms. The van der Waals surface area contributed by atoms with Crippen LogP contribution in [0.2, 0.25) is 0 Å². The lowest BCUT2D eigenvalue weighted by atomic mass is 10.1. The Morgan fingerprint density at radius 2 is 1.61 bits per heavy atom. The summed E-state index contributed by atoms with van der Waals surface area (Å²) < 4.78 is 5.48. The summed E-state index contributed by atoms with van der Waals surface area (Å²) in [5.74, 6) is 3.82. The van der Waals surface area contributed by atoms with Gasteiger partial charge in [0.05, 0.1) is 7.11 Å². The van der Waals surface area contributed by atoms with Gasteiger partial charge in [-0.15, -0.1) is 0 Å². The molecule has 2 aromatic rings. The number of thiol groups is 1. The number of rotatable bonds is 2. The molecular formula is C16H20OS. The second kappa shape index (κ2) is 5.23. The largest absolute Gasteiger partial charge is 0.496 e. The van der Waals surface area contributed by atoms with E-state index >= 15 is 0 Å². The van der Waals surface area contributed by atoms with Gasteiger partial charge in [0.15, 0.2) is 0 Å². The molecule has 0 atom stereocenters. The quantitative estimate of drug-likeness (QED) is 0.788. The Balaban J connectivity index is 2.12. The number of fused-ring (bicyclic) bond motifs is 1. The smallest absolute Gasteiger partial charge is 0.126 e. The highest BCUT2D eigenvalue weighted by Crippen LogP contribution is 2.46. The van der Waals surface area contributed by atoms with E-state index in [2.05, 4.69) is 36.4 Å². The summed E-state index contributed by atoms with van der Waals surface area (Å²) in [5.41, 5.74) is 0. The van der Waals surface area contributed by atoms with Crippen molar-refractivity contribution in [1.82, 2.24) is 0 Å². The number of hydrogen-bond donors (Lipinski definition) is 1. The Labute approximate surface area is 112 Å². The standard InChI is InChI=1S/C16H20OS/c1-17-15-9-10-16(18-11-5-2-6-12-18)14-8-4-3-7-13(14)15/h3-4,7-10,18H,2,5-6,11-12H2,1H3. The molecule has 0 aliphatic carbocycles. The molecule has 0 spiro atoms. The van der Waals surface area contributed by atoms with Crippen molar-refractivity contribution in [1.29, 1.82) is 0 Å². The van der Waals surface area contributed by atoms with Gasteiger partial charge in [-0.3, -0.25) is 0 Å². The zero-order valence-electron chi connectivity index (χ0n) is 10.9. The molecule has 1 aliphatic heterocycles. The molecular weight excluding hydrogens is 240 g/mol. The summed E-state index contributed by atoms with van der Waals surface area (Å²) in [5, 5.41) is 2.68. The molecule has 0 radical (unpaired) electrons. The lowest BCUT2D eigenvalue weighted by molar-refractivity contribution is 0.419. The second-order valence-electron chi connectivity index (χ2n) is 4.88.